The minimum Gasteiger partial charge on any atom is -0.0991 e. The molecular formula is C25H34. The molecule has 0 heteroatoms. The normalized spacial score (nSPS) is 20.5. The lowest BCUT2D eigenvalue weighted by molar-refractivity contribution is 0.989. The molecule has 0 saturated carbocycles. The molecule has 2 rings (SSSR count). The lowest BCUT2D eigenvalue weighted by Crippen LogP contribution is -1.95. The third-order valence-electron chi connectivity index (χ3n) is 3.96. The van der Waals surface area contributed by atoms with Gasteiger partial charge in [-0.15, -0.1) is 0 Å². The summed E-state index contributed by atoms with van der Waals surface area (Å²) in [5, 5.41) is 0. The monoisotopic (exact) mass is 334 g/mol. The second kappa shape index (κ2) is 12.1. The molecule has 0 heterocycles. The summed E-state index contributed by atoms with van der Waals surface area (Å²) >= 11 is 0. The van der Waals surface area contributed by atoms with Gasteiger partial charge in [0.25, 0.3) is 0 Å². The Morgan fingerprint density at radius 1 is 1.00 bits per heavy atom. The Balaban J connectivity index is 0.00000185. The highest BCUT2D eigenvalue weighted by Crippen LogP contribution is 2.47. The summed E-state index contributed by atoms with van der Waals surface area (Å²) in [6, 6.07) is 0. The van der Waals surface area contributed by atoms with Crippen molar-refractivity contribution < 1.29 is 0 Å². The van der Waals surface area contributed by atoms with Gasteiger partial charge >= 0.3 is 0 Å². The van der Waals surface area contributed by atoms with E-state index in [1.54, 1.807) is 0 Å². The molecule has 0 saturated heterocycles. The molecule has 1 atom stereocenters. The van der Waals surface area contributed by atoms with Crippen LogP contribution in [0.1, 0.15) is 41.5 Å². The zero-order valence-corrected chi connectivity index (χ0v) is 15.5. The summed E-state index contributed by atoms with van der Waals surface area (Å²) < 4.78 is 0. The Bertz CT molecular complexity index is 667. The molecule has 0 radical (unpaired) electrons. The summed E-state index contributed by atoms with van der Waals surface area (Å²) in [6.07, 6.45) is 24.3. The Morgan fingerprint density at radius 3 is 2.12 bits per heavy atom. The summed E-state index contributed by atoms with van der Waals surface area (Å²) in [7, 11) is 0. The second-order valence-corrected chi connectivity index (χ2v) is 5.28. The van der Waals surface area contributed by atoms with Crippen LogP contribution in [0, 0.1) is 5.92 Å². The van der Waals surface area contributed by atoms with Gasteiger partial charge in [0.05, 0.1) is 0 Å². The number of allylic oxidation sites excluding steroid dienone is 16. The first-order valence-corrected chi connectivity index (χ1v) is 8.86. The zero-order chi connectivity index (χ0) is 17.9. The van der Waals surface area contributed by atoms with E-state index in [9.17, 15) is 0 Å². The largest absolute Gasteiger partial charge is 0.0991 e. The number of hydrogen-bond acceptors (Lipinski definition) is 0. The Hall–Kier alpha value is -2.34. The molecule has 0 N–H and O–H groups in total. The maximum atomic E-state index is 3.80. The van der Waals surface area contributed by atoms with Crippen LogP contribution < -0.4 is 0 Å². The van der Waals surface area contributed by atoms with E-state index in [0.29, 0.717) is 5.92 Å². The molecule has 0 aliphatic heterocycles. The fourth-order valence-electron chi connectivity index (χ4n) is 3.00. The minimum atomic E-state index is 0. The van der Waals surface area contributed by atoms with E-state index in [-0.39, 0.29) is 7.43 Å². The maximum Gasteiger partial charge on any atom is 0.0290 e. The molecule has 0 aromatic heterocycles. The van der Waals surface area contributed by atoms with Crippen molar-refractivity contribution in [1.82, 2.24) is 0 Å². The quantitative estimate of drug-likeness (QED) is 0.434. The smallest absolute Gasteiger partial charge is 0.0290 e. The Kier molecular flexibility index (Phi) is 11.0. The van der Waals surface area contributed by atoms with Gasteiger partial charge in [-0.3, -0.25) is 0 Å². The second-order valence-electron chi connectivity index (χ2n) is 5.28. The van der Waals surface area contributed by atoms with Crippen molar-refractivity contribution in [3.05, 3.63) is 108 Å². The van der Waals surface area contributed by atoms with Crippen LogP contribution in [0.15, 0.2) is 108 Å². The van der Waals surface area contributed by atoms with E-state index in [4.69, 9.17) is 0 Å². The summed E-state index contributed by atoms with van der Waals surface area (Å²) in [4.78, 5) is 0. The van der Waals surface area contributed by atoms with Gasteiger partial charge in [0.2, 0.25) is 0 Å². The molecule has 0 aromatic carbocycles. The standard InChI is InChI=1S/C22H24.C2H6.CH4/c1-5-9-12-18-19(13-10-6-2)21-16-15-17(8-4)22(21)20(18)14-11-7-3;1-2;/h5,7-16,21H,1,3,6H2,2,4H3;1-2H3;1H4/b12-9-,13-10-,14-11-,17-8-;;. The van der Waals surface area contributed by atoms with E-state index in [1.807, 2.05) is 38.2 Å². The highest BCUT2D eigenvalue weighted by Gasteiger charge is 2.32. The average Bonchev–Trinajstić information content (AvgIpc) is 3.16. The summed E-state index contributed by atoms with van der Waals surface area (Å²) in [5.74, 6) is 0.364. The van der Waals surface area contributed by atoms with Crippen LogP contribution in [0.2, 0.25) is 0 Å². The van der Waals surface area contributed by atoms with Gasteiger partial charge in [-0.1, -0.05) is 108 Å². The van der Waals surface area contributed by atoms with Crippen molar-refractivity contribution >= 4 is 0 Å². The van der Waals surface area contributed by atoms with E-state index < -0.39 is 0 Å². The van der Waals surface area contributed by atoms with Gasteiger partial charge in [-0.25, -0.2) is 0 Å². The zero-order valence-electron chi connectivity index (χ0n) is 15.5. The molecule has 25 heavy (non-hydrogen) atoms. The van der Waals surface area contributed by atoms with E-state index in [0.717, 1.165) is 6.42 Å². The van der Waals surface area contributed by atoms with Crippen LogP contribution in [0.3, 0.4) is 0 Å². The molecule has 2 aliphatic rings. The molecule has 0 amide bonds. The van der Waals surface area contributed by atoms with Crippen LogP contribution in [-0.4, -0.2) is 0 Å². The lowest BCUT2D eigenvalue weighted by Gasteiger charge is -2.08. The predicted molar refractivity (Wildman–Crippen MR) is 117 cm³/mol. The highest BCUT2D eigenvalue weighted by atomic mass is 14.4. The number of fused-ring (bicyclic) bond motifs is 1. The molecule has 0 fully saturated rings. The van der Waals surface area contributed by atoms with Crippen molar-refractivity contribution in [2.75, 3.05) is 0 Å². The van der Waals surface area contributed by atoms with Crippen molar-refractivity contribution in [3.8, 4) is 0 Å². The molecule has 0 spiro atoms. The Morgan fingerprint density at radius 2 is 1.60 bits per heavy atom. The predicted octanol–water partition coefficient (Wildman–Crippen LogP) is 7.84. The van der Waals surface area contributed by atoms with Crippen molar-refractivity contribution in [2.24, 2.45) is 5.92 Å². The molecule has 1 unspecified atom stereocenters. The van der Waals surface area contributed by atoms with Crippen LogP contribution in [0.4, 0.5) is 0 Å². The van der Waals surface area contributed by atoms with Crippen LogP contribution in [0.5, 0.6) is 0 Å². The SMILES string of the molecule is C.C=C/C=C\C1=C(/C=C\CC)C2C=C/C(=C/C)C2=C1/C=C\C=C.CC. The van der Waals surface area contributed by atoms with Crippen molar-refractivity contribution in [1.29, 1.82) is 0 Å². The summed E-state index contributed by atoms with van der Waals surface area (Å²) in [6.45, 7) is 15.9. The van der Waals surface area contributed by atoms with Gasteiger partial charge in [-0.2, -0.15) is 0 Å². The van der Waals surface area contributed by atoms with Crippen LogP contribution >= 0.6 is 0 Å². The first kappa shape index (κ1) is 22.7. The Labute approximate surface area is 155 Å². The lowest BCUT2D eigenvalue weighted by atomic mass is 9.95. The minimum absolute atomic E-state index is 0. The third-order valence-corrected chi connectivity index (χ3v) is 3.96. The van der Waals surface area contributed by atoms with Gasteiger partial charge in [0.1, 0.15) is 0 Å². The van der Waals surface area contributed by atoms with Crippen LogP contribution in [0.25, 0.3) is 0 Å². The van der Waals surface area contributed by atoms with E-state index >= 15 is 0 Å². The molecule has 134 valence electrons. The summed E-state index contributed by atoms with van der Waals surface area (Å²) in [5.41, 5.74) is 6.66. The first-order valence-electron chi connectivity index (χ1n) is 8.86. The van der Waals surface area contributed by atoms with Gasteiger partial charge in [0, 0.05) is 5.92 Å². The fraction of sp³-hybridized carbons (Fsp3) is 0.280. The maximum absolute atomic E-state index is 3.80. The van der Waals surface area contributed by atoms with Crippen molar-refractivity contribution in [3.63, 3.8) is 0 Å². The average molecular weight is 335 g/mol. The number of rotatable bonds is 6. The first-order chi connectivity index (χ1) is 11.8. The van der Waals surface area contributed by atoms with E-state index in [2.05, 4.69) is 69.5 Å². The van der Waals surface area contributed by atoms with E-state index in [1.165, 1.54) is 27.9 Å². The molecule has 2 aliphatic carbocycles. The van der Waals surface area contributed by atoms with Gasteiger partial charge in [0.15, 0.2) is 0 Å². The molecule has 0 aromatic rings. The van der Waals surface area contributed by atoms with Crippen LogP contribution in [-0.2, 0) is 0 Å². The van der Waals surface area contributed by atoms with Crippen molar-refractivity contribution in [2.45, 2.75) is 41.5 Å². The van der Waals surface area contributed by atoms with Gasteiger partial charge in [-0.05, 0) is 41.2 Å². The number of hydrogen-bond donors (Lipinski definition) is 0. The van der Waals surface area contributed by atoms with Gasteiger partial charge < -0.3 is 0 Å². The fourth-order valence-corrected chi connectivity index (χ4v) is 3.00. The molecular weight excluding hydrogens is 300 g/mol. The topological polar surface area (TPSA) is 0 Å². The molecule has 0 nitrogen and oxygen atoms in total. The molecule has 0 bridgehead atoms. The highest BCUT2D eigenvalue weighted by molar-refractivity contribution is 5.72. The third kappa shape index (κ3) is 5.06.